The zero-order chi connectivity index (χ0) is 20.1. The maximum Gasteiger partial charge on any atom is 0.119 e. The molecular weight excluding hydrogens is 356 g/mol. The molecule has 0 radical (unpaired) electrons. The lowest BCUT2D eigenvalue weighted by Crippen LogP contribution is -2.02. The average molecular weight is 380 g/mol. The van der Waals surface area contributed by atoms with E-state index in [0.29, 0.717) is 6.42 Å². The smallest absolute Gasteiger partial charge is 0.119 e. The van der Waals surface area contributed by atoms with Crippen LogP contribution in [0, 0.1) is 0 Å². The van der Waals surface area contributed by atoms with Crippen molar-refractivity contribution in [2.24, 2.45) is 0 Å². The van der Waals surface area contributed by atoms with Gasteiger partial charge in [0.2, 0.25) is 0 Å². The number of hydrogen-bond acceptors (Lipinski definition) is 2. The van der Waals surface area contributed by atoms with Crippen LogP contribution in [0.4, 0.5) is 0 Å². The van der Waals surface area contributed by atoms with Crippen molar-refractivity contribution in [2.45, 2.75) is 19.3 Å². The van der Waals surface area contributed by atoms with E-state index >= 15 is 0 Å². The molecule has 2 N–H and O–H groups in total. The Morgan fingerprint density at radius 1 is 0.414 bits per heavy atom. The zero-order valence-corrected chi connectivity index (χ0v) is 16.3. The maximum atomic E-state index is 10.6. The number of benzene rings is 4. The van der Waals surface area contributed by atoms with Crippen molar-refractivity contribution in [3.63, 3.8) is 0 Å². The minimum absolute atomic E-state index is 0.271. The molecule has 0 aliphatic rings. The third-order valence-electron chi connectivity index (χ3n) is 5.32. The van der Waals surface area contributed by atoms with Crippen LogP contribution in [0.25, 0.3) is 0 Å². The van der Waals surface area contributed by atoms with Crippen LogP contribution in [-0.2, 0) is 19.3 Å². The number of hydrogen-bond donors (Lipinski definition) is 2. The van der Waals surface area contributed by atoms with Crippen LogP contribution in [0.2, 0.25) is 0 Å². The minimum atomic E-state index is 0.271. The molecule has 0 amide bonds. The molecule has 0 bridgehead atoms. The van der Waals surface area contributed by atoms with Crippen LogP contribution in [0.3, 0.4) is 0 Å². The summed E-state index contributed by atoms with van der Waals surface area (Å²) in [6.07, 6.45) is 1.97. The van der Waals surface area contributed by atoms with E-state index in [9.17, 15) is 10.2 Å². The van der Waals surface area contributed by atoms with Crippen molar-refractivity contribution in [1.82, 2.24) is 0 Å². The quantitative estimate of drug-likeness (QED) is 0.439. The molecule has 2 nitrogen and oxygen atoms in total. The van der Waals surface area contributed by atoms with E-state index < -0.39 is 0 Å². The van der Waals surface area contributed by atoms with E-state index in [0.717, 1.165) is 35.1 Å². The number of phenolic OH excluding ortho intramolecular Hbond substituents is 2. The molecule has 4 rings (SSSR count). The molecule has 0 fully saturated rings. The van der Waals surface area contributed by atoms with Gasteiger partial charge >= 0.3 is 0 Å². The minimum Gasteiger partial charge on any atom is -0.508 e. The van der Waals surface area contributed by atoms with Gasteiger partial charge in [-0.25, -0.2) is 0 Å². The van der Waals surface area contributed by atoms with Crippen molar-refractivity contribution in [2.75, 3.05) is 0 Å². The van der Waals surface area contributed by atoms with Crippen LogP contribution in [-0.4, -0.2) is 10.2 Å². The Bertz CT molecular complexity index is 997. The van der Waals surface area contributed by atoms with Gasteiger partial charge in [-0.2, -0.15) is 0 Å². The first-order valence-corrected chi connectivity index (χ1v) is 9.88. The summed E-state index contributed by atoms with van der Waals surface area (Å²) in [4.78, 5) is 0. The van der Waals surface area contributed by atoms with E-state index in [1.165, 1.54) is 11.1 Å². The summed E-state index contributed by atoms with van der Waals surface area (Å²) in [5.74, 6) is 0.541. The lowest BCUT2D eigenvalue weighted by molar-refractivity contribution is 0.461. The summed E-state index contributed by atoms with van der Waals surface area (Å²) in [6, 6.07) is 31.8. The van der Waals surface area contributed by atoms with Gasteiger partial charge in [-0.3, -0.25) is 0 Å². The largest absolute Gasteiger partial charge is 0.508 e. The Morgan fingerprint density at radius 3 is 1.24 bits per heavy atom. The second-order valence-electron chi connectivity index (χ2n) is 7.33. The van der Waals surface area contributed by atoms with E-state index in [1.807, 2.05) is 48.5 Å². The summed E-state index contributed by atoms with van der Waals surface area (Å²) in [5, 5.41) is 21.2. The van der Waals surface area contributed by atoms with Crippen molar-refractivity contribution in [3.8, 4) is 11.5 Å². The Labute approximate surface area is 171 Å². The Hall–Kier alpha value is -3.52. The third-order valence-corrected chi connectivity index (χ3v) is 5.32. The SMILES string of the molecule is Oc1cccc(Cc2ccccc2)c1Cc1c(O)cccc1Cc1ccccc1. The lowest BCUT2D eigenvalue weighted by Gasteiger charge is -2.16. The van der Waals surface area contributed by atoms with E-state index in [2.05, 4.69) is 36.4 Å². The average Bonchev–Trinajstić information content (AvgIpc) is 2.74. The van der Waals surface area contributed by atoms with Gasteiger partial charge in [-0.05, 0) is 47.2 Å². The molecule has 0 atom stereocenters. The highest BCUT2D eigenvalue weighted by atomic mass is 16.3. The zero-order valence-electron chi connectivity index (χ0n) is 16.3. The molecule has 4 aromatic rings. The van der Waals surface area contributed by atoms with Crippen molar-refractivity contribution < 1.29 is 10.2 Å². The van der Waals surface area contributed by atoms with Crippen LogP contribution < -0.4 is 0 Å². The predicted octanol–water partition coefficient (Wildman–Crippen LogP) is 5.87. The van der Waals surface area contributed by atoms with Crippen molar-refractivity contribution in [1.29, 1.82) is 0 Å². The second-order valence-corrected chi connectivity index (χ2v) is 7.33. The standard InChI is InChI=1S/C27H24O2/c28-26-15-7-13-22(17-20-9-3-1-4-10-20)24(26)19-25-23(14-8-16-27(25)29)18-21-11-5-2-6-12-21/h1-16,28-29H,17-19H2. The van der Waals surface area contributed by atoms with Crippen molar-refractivity contribution in [3.05, 3.63) is 130 Å². The first-order chi connectivity index (χ1) is 14.2. The number of rotatable bonds is 6. The van der Waals surface area contributed by atoms with Crippen LogP contribution in [0.15, 0.2) is 97.1 Å². The van der Waals surface area contributed by atoms with Gasteiger partial charge in [0.25, 0.3) is 0 Å². The summed E-state index contributed by atoms with van der Waals surface area (Å²) in [7, 11) is 0. The molecule has 0 saturated heterocycles. The molecule has 0 unspecified atom stereocenters. The fourth-order valence-electron chi connectivity index (χ4n) is 3.79. The summed E-state index contributed by atoms with van der Waals surface area (Å²) in [5.41, 5.74) is 6.27. The Balaban J connectivity index is 1.69. The number of aromatic hydroxyl groups is 2. The molecule has 0 spiro atoms. The van der Waals surface area contributed by atoms with E-state index in [4.69, 9.17) is 0 Å². The second kappa shape index (κ2) is 8.66. The molecule has 0 aromatic heterocycles. The number of phenols is 2. The lowest BCUT2D eigenvalue weighted by atomic mass is 9.90. The van der Waals surface area contributed by atoms with Crippen LogP contribution in [0.1, 0.15) is 33.4 Å². The summed E-state index contributed by atoms with van der Waals surface area (Å²) >= 11 is 0. The van der Waals surface area contributed by atoms with Gasteiger partial charge in [0.1, 0.15) is 11.5 Å². The summed E-state index contributed by atoms with van der Waals surface area (Å²) in [6.45, 7) is 0. The fourth-order valence-corrected chi connectivity index (χ4v) is 3.79. The first kappa shape index (κ1) is 18.8. The predicted molar refractivity (Wildman–Crippen MR) is 118 cm³/mol. The molecule has 0 saturated carbocycles. The van der Waals surface area contributed by atoms with Gasteiger partial charge in [-0.15, -0.1) is 0 Å². The highest BCUT2D eigenvalue weighted by Gasteiger charge is 2.15. The monoisotopic (exact) mass is 380 g/mol. The molecular formula is C27H24O2. The van der Waals surface area contributed by atoms with E-state index in [1.54, 1.807) is 12.1 Å². The van der Waals surface area contributed by atoms with Gasteiger partial charge in [0.15, 0.2) is 0 Å². The van der Waals surface area contributed by atoms with Gasteiger partial charge < -0.3 is 10.2 Å². The summed E-state index contributed by atoms with van der Waals surface area (Å²) < 4.78 is 0. The maximum absolute atomic E-state index is 10.6. The Morgan fingerprint density at radius 2 is 0.828 bits per heavy atom. The van der Waals surface area contributed by atoms with Gasteiger partial charge in [0, 0.05) is 17.5 Å². The molecule has 2 heteroatoms. The highest BCUT2D eigenvalue weighted by Crippen LogP contribution is 2.32. The van der Waals surface area contributed by atoms with Crippen LogP contribution >= 0.6 is 0 Å². The fraction of sp³-hybridized carbons (Fsp3) is 0.111. The molecule has 144 valence electrons. The van der Waals surface area contributed by atoms with Crippen molar-refractivity contribution >= 4 is 0 Å². The molecule has 29 heavy (non-hydrogen) atoms. The topological polar surface area (TPSA) is 40.5 Å². The third kappa shape index (κ3) is 4.49. The van der Waals surface area contributed by atoms with E-state index in [-0.39, 0.29) is 11.5 Å². The first-order valence-electron chi connectivity index (χ1n) is 9.88. The highest BCUT2D eigenvalue weighted by molar-refractivity contribution is 5.50. The molecule has 4 aromatic carbocycles. The molecule has 0 heterocycles. The van der Waals surface area contributed by atoms with Gasteiger partial charge in [0.05, 0.1) is 0 Å². The molecule has 0 aliphatic carbocycles. The van der Waals surface area contributed by atoms with Gasteiger partial charge in [-0.1, -0.05) is 84.9 Å². The normalized spacial score (nSPS) is 10.8. The Kier molecular flexibility index (Phi) is 5.62. The van der Waals surface area contributed by atoms with Crippen LogP contribution in [0.5, 0.6) is 11.5 Å². The molecule has 0 aliphatic heterocycles.